The van der Waals surface area contributed by atoms with Crippen molar-refractivity contribution in [3.8, 4) is 0 Å². The molecule has 15 heavy (non-hydrogen) atoms. The quantitative estimate of drug-likeness (QED) is 0.589. The van der Waals surface area contributed by atoms with E-state index in [0.29, 0.717) is 0 Å². The van der Waals surface area contributed by atoms with Crippen molar-refractivity contribution in [1.29, 1.82) is 0 Å². The summed E-state index contributed by atoms with van der Waals surface area (Å²) in [6.45, 7) is 3.02. The Morgan fingerprint density at radius 3 is 2.40 bits per heavy atom. The van der Waals surface area contributed by atoms with Crippen LogP contribution in [-0.2, 0) is 0 Å². The highest BCUT2D eigenvalue weighted by molar-refractivity contribution is 7.98. The van der Waals surface area contributed by atoms with E-state index in [1.54, 1.807) is 11.8 Å². The largest absolute Gasteiger partial charge is 0.330 e. The van der Waals surface area contributed by atoms with Gasteiger partial charge in [-0.1, -0.05) is 25.5 Å². The zero-order valence-electron chi connectivity index (χ0n) is 9.62. The maximum atomic E-state index is 5.48. The van der Waals surface area contributed by atoms with Crippen LogP contribution in [0.2, 0.25) is 0 Å². The molecule has 2 heteroatoms. The molecule has 0 atom stereocenters. The predicted octanol–water partition coefficient (Wildman–Crippen LogP) is 3.48. The molecule has 0 saturated heterocycles. The summed E-state index contributed by atoms with van der Waals surface area (Å²) in [5, 5.41) is 0. The number of thioether (sulfide) groups is 1. The monoisotopic (exact) mass is 222 g/mol. The van der Waals surface area contributed by atoms with E-state index in [4.69, 9.17) is 5.73 Å². The first-order valence-electron chi connectivity index (χ1n) is 5.45. The van der Waals surface area contributed by atoms with E-state index < -0.39 is 0 Å². The minimum absolute atomic E-state index is 0.804. The van der Waals surface area contributed by atoms with Crippen LogP contribution in [0.1, 0.15) is 31.7 Å². The maximum Gasteiger partial charge on any atom is 0.00693 e. The number of unbranched alkanes of at least 4 members (excludes halogenated alkanes) is 1. The first-order valence-corrected chi connectivity index (χ1v) is 6.67. The Morgan fingerprint density at radius 1 is 1.20 bits per heavy atom. The zero-order valence-corrected chi connectivity index (χ0v) is 10.4. The normalized spacial score (nSPS) is 10.9. The Balaban J connectivity index is 2.46. The van der Waals surface area contributed by atoms with Gasteiger partial charge in [0.25, 0.3) is 0 Å². The van der Waals surface area contributed by atoms with E-state index in [-0.39, 0.29) is 0 Å². The van der Waals surface area contributed by atoms with Gasteiger partial charge in [-0.25, -0.2) is 0 Å². The molecule has 0 aliphatic heterocycles. The Bertz CT molecular complexity index is 268. The van der Waals surface area contributed by atoms with Gasteiger partial charge in [-0.15, -0.1) is 11.8 Å². The highest BCUT2D eigenvalue weighted by Crippen LogP contribution is 2.23. The number of nitrogens with two attached hydrogens (primary N) is 1. The van der Waals surface area contributed by atoms with Crippen LogP contribution >= 0.6 is 11.8 Å². The summed E-state index contributed by atoms with van der Waals surface area (Å²) in [5.41, 5.74) is 6.84. The van der Waals surface area contributed by atoms with E-state index in [9.17, 15) is 0 Å². The fraction of sp³-hybridized carbons (Fsp3) is 0.462. The van der Waals surface area contributed by atoms with E-state index in [1.165, 1.54) is 22.8 Å². The van der Waals surface area contributed by atoms with Crippen LogP contribution in [0, 0.1) is 5.92 Å². The molecular formula is C13H20NS. The lowest BCUT2D eigenvalue weighted by Gasteiger charge is -2.11. The van der Waals surface area contributed by atoms with Crippen LogP contribution in [0.3, 0.4) is 0 Å². The molecule has 0 fully saturated rings. The van der Waals surface area contributed by atoms with Crippen LogP contribution in [0.4, 0.5) is 0 Å². The fourth-order valence-electron chi connectivity index (χ4n) is 1.55. The molecule has 1 aromatic rings. The maximum absolute atomic E-state index is 5.48. The lowest BCUT2D eigenvalue weighted by atomic mass is 9.95. The topological polar surface area (TPSA) is 26.0 Å². The molecule has 0 heterocycles. The second kappa shape index (κ2) is 6.91. The second-order valence-electron chi connectivity index (χ2n) is 3.75. The van der Waals surface area contributed by atoms with Crippen LogP contribution in [-0.4, -0.2) is 12.8 Å². The van der Waals surface area contributed by atoms with Crippen LogP contribution < -0.4 is 5.73 Å². The van der Waals surface area contributed by atoms with Crippen LogP contribution in [0.5, 0.6) is 0 Å². The summed E-state index contributed by atoms with van der Waals surface area (Å²) in [7, 11) is 0. The third-order valence-electron chi connectivity index (χ3n) is 2.59. The van der Waals surface area contributed by atoms with Crippen molar-refractivity contribution in [1.82, 2.24) is 0 Å². The van der Waals surface area contributed by atoms with E-state index in [2.05, 4.69) is 37.4 Å². The van der Waals surface area contributed by atoms with E-state index in [0.717, 1.165) is 19.4 Å². The van der Waals surface area contributed by atoms with Gasteiger partial charge in [0.2, 0.25) is 0 Å². The van der Waals surface area contributed by atoms with Crippen molar-refractivity contribution in [2.75, 3.05) is 12.8 Å². The van der Waals surface area contributed by atoms with Gasteiger partial charge >= 0.3 is 0 Å². The third-order valence-corrected chi connectivity index (χ3v) is 3.33. The lowest BCUT2D eigenvalue weighted by Crippen LogP contribution is -2.00. The number of rotatable bonds is 6. The molecule has 2 N–H and O–H groups in total. The van der Waals surface area contributed by atoms with Crippen LogP contribution in [0.15, 0.2) is 29.2 Å². The average Bonchev–Trinajstić information content (AvgIpc) is 2.29. The van der Waals surface area contributed by atoms with E-state index in [1.807, 2.05) is 0 Å². The molecule has 0 bridgehead atoms. The molecule has 0 spiro atoms. The van der Waals surface area contributed by atoms with Gasteiger partial charge in [-0.2, -0.15) is 0 Å². The Morgan fingerprint density at radius 2 is 1.87 bits per heavy atom. The Labute approximate surface area is 97.4 Å². The molecule has 1 rings (SSSR count). The molecule has 0 amide bonds. The number of hydrogen-bond donors (Lipinski definition) is 1. The summed E-state index contributed by atoms with van der Waals surface area (Å²) < 4.78 is 0. The van der Waals surface area contributed by atoms with Crippen molar-refractivity contribution in [3.63, 3.8) is 0 Å². The van der Waals surface area contributed by atoms with Crippen molar-refractivity contribution < 1.29 is 0 Å². The molecule has 83 valence electrons. The zero-order chi connectivity index (χ0) is 11.1. The van der Waals surface area contributed by atoms with Gasteiger partial charge in [-0.05, 0) is 43.3 Å². The van der Waals surface area contributed by atoms with Crippen LogP contribution in [0.25, 0.3) is 0 Å². The van der Waals surface area contributed by atoms with Crippen molar-refractivity contribution >= 4 is 11.8 Å². The summed E-state index contributed by atoms with van der Waals surface area (Å²) in [5.74, 6) is 1.47. The van der Waals surface area contributed by atoms with Crippen molar-refractivity contribution in [3.05, 3.63) is 35.7 Å². The Hall–Kier alpha value is -0.470. The summed E-state index contributed by atoms with van der Waals surface area (Å²) in [6, 6.07) is 8.80. The third kappa shape index (κ3) is 4.27. The minimum atomic E-state index is 0.804. The standard InChI is InChI=1S/C13H20NS/c1-11(5-3-4-10-14)12-6-8-13(15-2)9-7-12/h6-9H,3-5,10,14H2,1-2H3. The summed E-state index contributed by atoms with van der Waals surface area (Å²) in [4.78, 5) is 1.33. The van der Waals surface area contributed by atoms with Gasteiger partial charge in [0.05, 0.1) is 0 Å². The average molecular weight is 222 g/mol. The molecule has 0 aromatic heterocycles. The lowest BCUT2D eigenvalue weighted by molar-refractivity contribution is 0.707. The summed E-state index contributed by atoms with van der Waals surface area (Å²) in [6.07, 6.45) is 5.59. The van der Waals surface area contributed by atoms with Gasteiger partial charge < -0.3 is 5.73 Å². The Kier molecular flexibility index (Phi) is 5.81. The second-order valence-corrected chi connectivity index (χ2v) is 4.63. The molecule has 0 saturated carbocycles. The first-order chi connectivity index (χ1) is 7.27. The first kappa shape index (κ1) is 12.6. The van der Waals surface area contributed by atoms with Gasteiger partial charge in [0.1, 0.15) is 0 Å². The molecule has 0 aliphatic carbocycles. The highest BCUT2D eigenvalue weighted by atomic mass is 32.2. The number of hydrogen-bond acceptors (Lipinski definition) is 2. The molecule has 0 aliphatic rings. The molecule has 1 nitrogen and oxygen atoms in total. The molecule has 1 aromatic carbocycles. The van der Waals surface area contributed by atoms with Crippen molar-refractivity contribution in [2.45, 2.75) is 31.1 Å². The fourth-order valence-corrected chi connectivity index (χ4v) is 1.96. The van der Waals surface area contributed by atoms with Crippen molar-refractivity contribution in [2.24, 2.45) is 5.73 Å². The molecule has 1 radical (unpaired) electrons. The van der Waals surface area contributed by atoms with Gasteiger partial charge in [0.15, 0.2) is 0 Å². The molecule has 0 unspecified atom stereocenters. The van der Waals surface area contributed by atoms with Gasteiger partial charge in [0, 0.05) is 10.8 Å². The summed E-state index contributed by atoms with van der Waals surface area (Å²) >= 11 is 1.78. The highest BCUT2D eigenvalue weighted by Gasteiger charge is 2.05. The predicted molar refractivity (Wildman–Crippen MR) is 69.1 cm³/mol. The van der Waals surface area contributed by atoms with Gasteiger partial charge in [-0.3, -0.25) is 0 Å². The van der Waals surface area contributed by atoms with E-state index >= 15 is 0 Å². The minimum Gasteiger partial charge on any atom is -0.330 e. The smallest absolute Gasteiger partial charge is 0.00693 e. The number of benzene rings is 1. The molecular weight excluding hydrogens is 202 g/mol. The SMILES string of the molecule is CSc1ccc([C](C)CCCCN)cc1.